The van der Waals surface area contributed by atoms with Crippen molar-refractivity contribution in [2.45, 2.75) is 43.9 Å². The Bertz CT molecular complexity index is 1300. The highest BCUT2D eigenvalue weighted by molar-refractivity contribution is 7.90. The van der Waals surface area contributed by atoms with Gasteiger partial charge in [0.1, 0.15) is 22.6 Å². The molecule has 166 valence electrons. The van der Waals surface area contributed by atoms with E-state index in [1.54, 1.807) is 32.0 Å². The molecule has 0 fully saturated rings. The largest absolute Gasteiger partial charge is 0.369 e. The van der Waals surface area contributed by atoms with Gasteiger partial charge in [0.05, 0.1) is 5.56 Å². The summed E-state index contributed by atoms with van der Waals surface area (Å²) in [6.07, 6.45) is 3.23. The van der Waals surface area contributed by atoms with Gasteiger partial charge >= 0.3 is 0 Å². The molecule has 10 heteroatoms. The zero-order valence-electron chi connectivity index (χ0n) is 18.1. The normalized spacial score (nSPS) is 23.8. The number of carbonyl (C=O) groups is 1. The van der Waals surface area contributed by atoms with E-state index in [1.807, 2.05) is 12.1 Å². The first kappa shape index (κ1) is 21.8. The molecule has 2 atom stereocenters. The fourth-order valence-electron chi connectivity index (χ4n) is 4.54. The number of benzene rings is 1. The standard InChI is InChI=1S/C22H24N6O3S/c1-13-9-14(11-23)12-25-19(13)20(29)26-16-8-7-15-5-4-6-18-22(2,17(15)10-16)27-21(24)28(3)32(18,30)31/h7-10,12,18H,4-6H2,1-3H3,(H2,24,27)(H,26,29)/t18-,22+/m0/s1. The van der Waals surface area contributed by atoms with Gasteiger partial charge in [0.25, 0.3) is 5.91 Å². The number of aliphatic imine (C=N–C) groups is 1. The van der Waals surface area contributed by atoms with Crippen LogP contribution >= 0.6 is 0 Å². The lowest BCUT2D eigenvalue weighted by atomic mass is 9.86. The monoisotopic (exact) mass is 452 g/mol. The van der Waals surface area contributed by atoms with E-state index in [2.05, 4.69) is 15.3 Å². The number of hydrogen-bond donors (Lipinski definition) is 2. The van der Waals surface area contributed by atoms with Gasteiger partial charge < -0.3 is 11.1 Å². The number of carbonyl (C=O) groups excluding carboxylic acids is 1. The van der Waals surface area contributed by atoms with Crippen LogP contribution in [0.15, 0.2) is 35.5 Å². The average Bonchev–Trinajstić information content (AvgIpc) is 2.89. The molecule has 0 bridgehead atoms. The lowest BCUT2D eigenvalue weighted by Gasteiger charge is -2.41. The second kappa shape index (κ2) is 7.60. The van der Waals surface area contributed by atoms with E-state index in [4.69, 9.17) is 11.0 Å². The fraction of sp³-hybridized carbons (Fsp3) is 0.364. The number of rotatable bonds is 2. The third-order valence-corrected chi connectivity index (χ3v) is 8.65. The lowest BCUT2D eigenvalue weighted by Crippen LogP contribution is -2.56. The van der Waals surface area contributed by atoms with Gasteiger partial charge in [0, 0.05) is 18.9 Å². The number of amides is 1. The van der Waals surface area contributed by atoms with Crippen LogP contribution in [0, 0.1) is 18.3 Å². The minimum atomic E-state index is -3.67. The van der Waals surface area contributed by atoms with E-state index in [-0.39, 0.29) is 11.7 Å². The van der Waals surface area contributed by atoms with Crippen molar-refractivity contribution >= 4 is 27.6 Å². The van der Waals surface area contributed by atoms with Crippen molar-refractivity contribution in [3.8, 4) is 6.07 Å². The van der Waals surface area contributed by atoms with E-state index in [1.165, 1.54) is 13.2 Å². The summed E-state index contributed by atoms with van der Waals surface area (Å²) >= 11 is 0. The number of nitrogens with two attached hydrogens (primary N) is 1. The van der Waals surface area contributed by atoms with E-state index in [0.717, 1.165) is 15.4 Å². The first-order chi connectivity index (χ1) is 15.1. The van der Waals surface area contributed by atoms with Crippen LogP contribution in [0.1, 0.15) is 52.5 Å². The molecule has 0 radical (unpaired) electrons. The van der Waals surface area contributed by atoms with Gasteiger partial charge in [0.15, 0.2) is 0 Å². The number of nitrogens with zero attached hydrogens (tertiary/aromatic N) is 4. The summed E-state index contributed by atoms with van der Waals surface area (Å²) in [7, 11) is -2.25. The predicted octanol–water partition coefficient (Wildman–Crippen LogP) is 2.02. The topological polar surface area (TPSA) is 142 Å². The zero-order chi connectivity index (χ0) is 23.3. The fourth-order valence-corrected chi connectivity index (χ4v) is 6.45. The lowest BCUT2D eigenvalue weighted by molar-refractivity contribution is 0.102. The Labute approximate surface area is 187 Å². The Morgan fingerprint density at radius 2 is 2.12 bits per heavy atom. The Morgan fingerprint density at radius 1 is 1.38 bits per heavy atom. The Balaban J connectivity index is 1.75. The molecule has 3 N–H and O–H groups in total. The number of guanidine groups is 1. The minimum absolute atomic E-state index is 0.0524. The highest BCUT2D eigenvalue weighted by Gasteiger charge is 2.51. The first-order valence-electron chi connectivity index (χ1n) is 10.2. The molecule has 9 nitrogen and oxygen atoms in total. The second-order valence-corrected chi connectivity index (χ2v) is 10.5. The van der Waals surface area contributed by atoms with E-state index in [9.17, 15) is 13.2 Å². The highest BCUT2D eigenvalue weighted by Crippen LogP contribution is 2.44. The van der Waals surface area contributed by atoms with Crippen LogP contribution in [0.4, 0.5) is 5.69 Å². The molecule has 1 aliphatic carbocycles. The van der Waals surface area contributed by atoms with Crippen molar-refractivity contribution in [2.75, 3.05) is 12.4 Å². The summed E-state index contributed by atoms with van der Waals surface area (Å²) in [5.74, 6) is -0.468. The van der Waals surface area contributed by atoms with Gasteiger partial charge in [-0.05, 0) is 68.0 Å². The molecule has 2 heterocycles. The van der Waals surface area contributed by atoms with E-state index < -0.39 is 26.7 Å². The highest BCUT2D eigenvalue weighted by atomic mass is 32.2. The Hall–Kier alpha value is -3.45. The third-order valence-electron chi connectivity index (χ3n) is 6.29. The summed E-state index contributed by atoms with van der Waals surface area (Å²) < 4.78 is 27.3. The average molecular weight is 453 g/mol. The molecule has 2 aliphatic rings. The van der Waals surface area contributed by atoms with Gasteiger partial charge in [-0.15, -0.1) is 0 Å². The maximum atomic E-state index is 13.1. The molecule has 1 amide bonds. The second-order valence-electron chi connectivity index (χ2n) is 8.34. The molecular formula is C22H24N6O3S. The summed E-state index contributed by atoms with van der Waals surface area (Å²) in [6.45, 7) is 3.50. The van der Waals surface area contributed by atoms with Gasteiger partial charge in [0.2, 0.25) is 16.0 Å². The van der Waals surface area contributed by atoms with Crippen LogP contribution in [0.25, 0.3) is 0 Å². The number of nitriles is 1. The minimum Gasteiger partial charge on any atom is -0.369 e. The number of sulfonamides is 1. The molecule has 0 unspecified atom stereocenters. The smallest absolute Gasteiger partial charge is 0.274 e. The number of aryl methyl sites for hydroxylation is 2. The first-order valence-corrected chi connectivity index (χ1v) is 11.7. The predicted molar refractivity (Wildman–Crippen MR) is 120 cm³/mol. The number of hydrogen-bond acceptors (Lipinski definition) is 7. The van der Waals surface area contributed by atoms with Crippen LogP contribution in [0.3, 0.4) is 0 Å². The summed E-state index contributed by atoms with van der Waals surface area (Å²) in [5, 5.41) is 11.1. The molecule has 1 aromatic heterocycles. The number of pyridine rings is 1. The molecular weight excluding hydrogens is 428 g/mol. The van der Waals surface area contributed by atoms with Crippen molar-refractivity contribution in [1.82, 2.24) is 9.29 Å². The molecule has 0 saturated carbocycles. The van der Waals surface area contributed by atoms with Crippen molar-refractivity contribution < 1.29 is 13.2 Å². The van der Waals surface area contributed by atoms with Crippen LogP contribution in [-0.2, 0) is 22.0 Å². The SMILES string of the molecule is Cc1cc(C#N)cnc1C(=O)Nc1ccc2c(c1)[C@@]1(C)N=C(N)N(C)S(=O)(=O)[C@H]1CCC2. The maximum Gasteiger partial charge on any atom is 0.274 e. The molecule has 0 spiro atoms. The van der Waals surface area contributed by atoms with Gasteiger partial charge in [-0.25, -0.2) is 22.7 Å². The number of aromatic nitrogens is 1. The van der Waals surface area contributed by atoms with Crippen molar-refractivity contribution in [3.05, 3.63) is 58.4 Å². The van der Waals surface area contributed by atoms with Crippen molar-refractivity contribution in [3.63, 3.8) is 0 Å². The van der Waals surface area contributed by atoms with Gasteiger partial charge in [-0.1, -0.05) is 6.07 Å². The molecule has 1 aromatic carbocycles. The summed E-state index contributed by atoms with van der Waals surface area (Å²) in [5.41, 5.74) is 8.32. The molecule has 32 heavy (non-hydrogen) atoms. The van der Waals surface area contributed by atoms with Crippen molar-refractivity contribution in [2.24, 2.45) is 10.7 Å². The van der Waals surface area contributed by atoms with Crippen LogP contribution in [-0.4, -0.2) is 41.9 Å². The van der Waals surface area contributed by atoms with E-state index in [0.29, 0.717) is 36.1 Å². The molecule has 0 saturated heterocycles. The zero-order valence-corrected chi connectivity index (χ0v) is 18.9. The van der Waals surface area contributed by atoms with Crippen LogP contribution in [0.5, 0.6) is 0 Å². The van der Waals surface area contributed by atoms with Crippen LogP contribution in [0.2, 0.25) is 0 Å². The van der Waals surface area contributed by atoms with Crippen LogP contribution < -0.4 is 11.1 Å². The third kappa shape index (κ3) is 3.39. The Morgan fingerprint density at radius 3 is 2.81 bits per heavy atom. The number of anilines is 1. The number of fused-ring (bicyclic) bond motifs is 3. The van der Waals surface area contributed by atoms with Crippen molar-refractivity contribution in [1.29, 1.82) is 5.26 Å². The van der Waals surface area contributed by atoms with E-state index >= 15 is 0 Å². The number of nitrogens with one attached hydrogen (secondary N) is 1. The van der Waals surface area contributed by atoms with Gasteiger partial charge in [-0.2, -0.15) is 5.26 Å². The van der Waals surface area contributed by atoms with Gasteiger partial charge in [-0.3, -0.25) is 4.79 Å². The molecule has 4 rings (SSSR count). The quantitative estimate of drug-likeness (QED) is 0.714. The summed E-state index contributed by atoms with van der Waals surface area (Å²) in [4.78, 5) is 21.5. The molecule has 1 aliphatic heterocycles. The summed E-state index contributed by atoms with van der Waals surface area (Å²) in [6, 6.07) is 9.07. The Kier molecular flexibility index (Phi) is 5.17. The maximum absolute atomic E-state index is 13.1. The molecule has 2 aromatic rings.